The lowest BCUT2D eigenvalue weighted by Gasteiger charge is -2.13. The van der Waals surface area contributed by atoms with Gasteiger partial charge in [-0.3, -0.25) is 4.79 Å². The van der Waals surface area contributed by atoms with Gasteiger partial charge in [-0.15, -0.1) is 0 Å². The normalized spacial score (nSPS) is 11.7. The Hall–Kier alpha value is -2.58. The summed E-state index contributed by atoms with van der Waals surface area (Å²) in [5, 5.41) is 25.5. The number of aromatic nitrogens is 1. The van der Waals surface area contributed by atoms with Gasteiger partial charge in [0.15, 0.2) is 0 Å². The first-order chi connectivity index (χ1) is 9.31. The Kier molecular flexibility index (Phi) is 5.07. The van der Waals surface area contributed by atoms with E-state index in [4.69, 9.17) is 14.7 Å². The highest BCUT2D eigenvalue weighted by Crippen LogP contribution is 2.11. The Bertz CT molecular complexity index is 505. The predicted molar refractivity (Wildman–Crippen MR) is 65.0 cm³/mol. The molecule has 0 aromatic carbocycles. The second-order valence-corrected chi connectivity index (χ2v) is 4.12. The average Bonchev–Trinajstić information content (AvgIpc) is 2.65. The van der Waals surface area contributed by atoms with Crippen LogP contribution in [0.1, 0.15) is 23.4 Å². The van der Waals surface area contributed by atoms with Crippen molar-refractivity contribution < 1.29 is 29.1 Å². The molecule has 0 aliphatic heterocycles. The van der Waals surface area contributed by atoms with Crippen LogP contribution in [0.3, 0.4) is 0 Å². The van der Waals surface area contributed by atoms with Gasteiger partial charge in [0.2, 0.25) is 0 Å². The second-order valence-electron chi connectivity index (χ2n) is 4.12. The van der Waals surface area contributed by atoms with Crippen LogP contribution in [0.15, 0.2) is 4.52 Å². The van der Waals surface area contributed by atoms with E-state index in [9.17, 15) is 14.4 Å². The smallest absolute Gasteiger partial charge is 0.326 e. The number of carboxylic acid groups (broad SMARTS) is 2. The zero-order valence-corrected chi connectivity index (χ0v) is 11.0. The van der Waals surface area contributed by atoms with E-state index in [0.29, 0.717) is 17.0 Å². The van der Waals surface area contributed by atoms with Gasteiger partial charge < -0.3 is 25.4 Å². The van der Waals surface area contributed by atoms with E-state index in [1.165, 1.54) is 0 Å². The van der Waals surface area contributed by atoms with Crippen LogP contribution in [0.25, 0.3) is 0 Å². The first-order valence-corrected chi connectivity index (χ1v) is 5.72. The standard InChI is InChI=1S/C11H15N3O6/c1-5-7(6(2)20-14-5)4-12-11(19)13-8(10(17)18)3-9(15)16/h8H,3-4H2,1-2H3,(H,15,16)(H,17,18)(H2,12,13,19)/t8-/m1/s1. The number of aliphatic carboxylic acids is 2. The summed E-state index contributed by atoms with van der Waals surface area (Å²) in [6.07, 6.45) is -0.700. The molecule has 0 saturated carbocycles. The first-order valence-electron chi connectivity index (χ1n) is 5.72. The number of nitrogens with zero attached hydrogens (tertiary/aromatic N) is 1. The summed E-state index contributed by atoms with van der Waals surface area (Å²) in [4.78, 5) is 32.8. The number of carbonyl (C=O) groups excluding carboxylic acids is 1. The quantitative estimate of drug-likeness (QED) is 0.577. The van der Waals surface area contributed by atoms with Gasteiger partial charge in [0.25, 0.3) is 0 Å². The maximum absolute atomic E-state index is 11.5. The Morgan fingerprint density at radius 1 is 1.30 bits per heavy atom. The van der Waals surface area contributed by atoms with Crippen molar-refractivity contribution in [1.29, 1.82) is 0 Å². The fourth-order valence-electron chi connectivity index (χ4n) is 1.51. The van der Waals surface area contributed by atoms with Gasteiger partial charge in [-0.25, -0.2) is 9.59 Å². The number of hydrogen-bond acceptors (Lipinski definition) is 5. The van der Waals surface area contributed by atoms with E-state index in [-0.39, 0.29) is 6.54 Å². The van der Waals surface area contributed by atoms with Crippen LogP contribution >= 0.6 is 0 Å². The van der Waals surface area contributed by atoms with E-state index in [1.807, 2.05) is 0 Å². The van der Waals surface area contributed by atoms with Crippen molar-refractivity contribution in [3.63, 3.8) is 0 Å². The molecule has 0 bridgehead atoms. The highest BCUT2D eigenvalue weighted by molar-refractivity contribution is 5.86. The number of aryl methyl sites for hydroxylation is 2. The van der Waals surface area contributed by atoms with Gasteiger partial charge in [0.1, 0.15) is 11.8 Å². The summed E-state index contributed by atoms with van der Waals surface area (Å²) >= 11 is 0. The first kappa shape index (κ1) is 15.5. The number of urea groups is 1. The lowest BCUT2D eigenvalue weighted by Crippen LogP contribution is -2.46. The minimum Gasteiger partial charge on any atom is -0.481 e. The van der Waals surface area contributed by atoms with Crippen LogP contribution in [0, 0.1) is 13.8 Å². The van der Waals surface area contributed by atoms with Gasteiger partial charge >= 0.3 is 18.0 Å². The third-order valence-electron chi connectivity index (χ3n) is 2.59. The zero-order valence-electron chi connectivity index (χ0n) is 11.0. The van der Waals surface area contributed by atoms with E-state index in [0.717, 1.165) is 0 Å². The van der Waals surface area contributed by atoms with Crippen LogP contribution in [-0.4, -0.2) is 39.4 Å². The fourth-order valence-corrected chi connectivity index (χ4v) is 1.51. The number of carbonyl (C=O) groups is 3. The molecule has 0 fully saturated rings. The van der Waals surface area contributed by atoms with Crippen LogP contribution < -0.4 is 10.6 Å². The molecule has 2 amide bonds. The number of hydrogen-bond donors (Lipinski definition) is 4. The number of amides is 2. The molecule has 20 heavy (non-hydrogen) atoms. The molecule has 110 valence electrons. The maximum Gasteiger partial charge on any atom is 0.326 e. The van der Waals surface area contributed by atoms with Gasteiger partial charge in [0.05, 0.1) is 12.1 Å². The summed E-state index contributed by atoms with van der Waals surface area (Å²) in [7, 11) is 0. The van der Waals surface area contributed by atoms with E-state index >= 15 is 0 Å². The molecule has 9 nitrogen and oxygen atoms in total. The molecule has 1 aromatic rings. The van der Waals surface area contributed by atoms with E-state index in [1.54, 1.807) is 13.8 Å². The summed E-state index contributed by atoms with van der Waals surface area (Å²) in [5.41, 5.74) is 1.30. The maximum atomic E-state index is 11.5. The van der Waals surface area contributed by atoms with Crippen molar-refractivity contribution in [2.24, 2.45) is 0 Å². The van der Waals surface area contributed by atoms with Crippen molar-refractivity contribution in [3.8, 4) is 0 Å². The highest BCUT2D eigenvalue weighted by Gasteiger charge is 2.23. The molecule has 1 atom stereocenters. The third kappa shape index (κ3) is 4.26. The van der Waals surface area contributed by atoms with Crippen LogP contribution in [0.5, 0.6) is 0 Å². The largest absolute Gasteiger partial charge is 0.481 e. The summed E-state index contributed by atoms with van der Waals surface area (Å²) in [6, 6.07) is -2.27. The monoisotopic (exact) mass is 285 g/mol. The van der Waals surface area contributed by atoms with Crippen LogP contribution in [-0.2, 0) is 16.1 Å². The topological polar surface area (TPSA) is 142 Å². The molecule has 1 aromatic heterocycles. The van der Waals surface area contributed by atoms with Gasteiger partial charge in [-0.2, -0.15) is 0 Å². The third-order valence-corrected chi connectivity index (χ3v) is 2.59. The summed E-state index contributed by atoms with van der Waals surface area (Å²) in [5.74, 6) is -2.19. The molecule has 0 spiro atoms. The molecule has 0 radical (unpaired) electrons. The van der Waals surface area contributed by atoms with Crippen molar-refractivity contribution in [1.82, 2.24) is 15.8 Å². The molecule has 0 aliphatic carbocycles. The Morgan fingerprint density at radius 3 is 2.40 bits per heavy atom. The van der Waals surface area contributed by atoms with Crippen LogP contribution in [0.2, 0.25) is 0 Å². The molecule has 4 N–H and O–H groups in total. The van der Waals surface area contributed by atoms with Gasteiger partial charge in [0, 0.05) is 12.1 Å². The van der Waals surface area contributed by atoms with Gasteiger partial charge in [-0.05, 0) is 13.8 Å². The molecular formula is C11H15N3O6. The van der Waals surface area contributed by atoms with E-state index < -0.39 is 30.4 Å². The second kappa shape index (κ2) is 6.55. The highest BCUT2D eigenvalue weighted by atomic mass is 16.5. The van der Waals surface area contributed by atoms with E-state index in [2.05, 4.69) is 15.8 Å². The van der Waals surface area contributed by atoms with Crippen molar-refractivity contribution in [2.45, 2.75) is 32.9 Å². The van der Waals surface area contributed by atoms with Crippen LogP contribution in [0.4, 0.5) is 4.79 Å². The Balaban J connectivity index is 2.54. The van der Waals surface area contributed by atoms with Crippen molar-refractivity contribution in [2.75, 3.05) is 0 Å². The number of nitrogens with one attached hydrogen (secondary N) is 2. The SMILES string of the molecule is Cc1noc(C)c1CNC(=O)N[C@H](CC(=O)O)C(=O)O. The molecule has 9 heteroatoms. The molecule has 0 saturated heterocycles. The Labute approximate surface area is 113 Å². The Morgan fingerprint density at radius 2 is 1.95 bits per heavy atom. The predicted octanol–water partition coefficient (Wildman–Crippen LogP) is 0.0185. The summed E-state index contributed by atoms with van der Waals surface area (Å²) in [6.45, 7) is 3.49. The zero-order chi connectivity index (χ0) is 15.3. The lowest BCUT2D eigenvalue weighted by molar-refractivity contribution is -0.145. The minimum absolute atomic E-state index is 0.104. The molecular weight excluding hydrogens is 270 g/mol. The lowest BCUT2D eigenvalue weighted by atomic mass is 10.2. The fraction of sp³-hybridized carbons (Fsp3) is 0.455. The number of carboxylic acids is 2. The minimum atomic E-state index is -1.49. The number of rotatable bonds is 6. The van der Waals surface area contributed by atoms with Crippen molar-refractivity contribution in [3.05, 3.63) is 17.0 Å². The molecule has 1 rings (SSSR count). The van der Waals surface area contributed by atoms with Crippen molar-refractivity contribution >= 4 is 18.0 Å². The molecule has 0 aliphatic rings. The van der Waals surface area contributed by atoms with Gasteiger partial charge in [-0.1, -0.05) is 5.16 Å². The average molecular weight is 285 g/mol. The molecule has 1 heterocycles. The molecule has 0 unspecified atom stereocenters. The summed E-state index contributed by atoms with van der Waals surface area (Å²) < 4.78 is 4.91.